The first-order valence-electron chi connectivity index (χ1n) is 11.1. The average Bonchev–Trinajstić information content (AvgIpc) is 2.58. The van der Waals surface area contributed by atoms with Gasteiger partial charge >= 0.3 is 51.4 Å². The Hall–Kier alpha value is 1.51. The van der Waals surface area contributed by atoms with Crippen LogP contribution in [0.25, 0.3) is 0 Å². The number of unbranched alkanes of at least 4 members (excludes halogenated alkanes) is 14. The first-order chi connectivity index (χ1) is 12.5. The van der Waals surface area contributed by atoms with Crippen LogP contribution in [0.2, 0.25) is 0 Å². The molecule has 4 nitrogen and oxygen atoms in total. The van der Waals surface area contributed by atoms with Gasteiger partial charge in [-0.1, -0.05) is 103 Å². The molecule has 27 heavy (non-hydrogen) atoms. The van der Waals surface area contributed by atoms with E-state index < -0.39 is 10.1 Å². The summed E-state index contributed by atoms with van der Waals surface area (Å²) in [5, 5.41) is 10.0. The van der Waals surface area contributed by atoms with Gasteiger partial charge in [0.15, 0.2) is 0 Å². The second-order valence-electron chi connectivity index (χ2n) is 7.80. The fraction of sp³-hybridized carbons (Fsp3) is 1.00. The molecule has 0 fully saturated rings. The van der Waals surface area contributed by atoms with Crippen molar-refractivity contribution in [1.29, 1.82) is 0 Å². The van der Waals surface area contributed by atoms with Gasteiger partial charge in [0.2, 0.25) is 0 Å². The minimum atomic E-state index is -4.04. The van der Waals surface area contributed by atoms with E-state index in [0.29, 0.717) is 6.42 Å². The summed E-state index contributed by atoms with van der Waals surface area (Å²) in [6.45, 7) is 2.25. The summed E-state index contributed by atoms with van der Waals surface area (Å²) in [4.78, 5) is 0. The van der Waals surface area contributed by atoms with E-state index in [1.54, 1.807) is 0 Å². The molecule has 0 aliphatic heterocycles. The summed E-state index contributed by atoms with van der Waals surface area (Å²) >= 11 is 0. The first kappa shape index (κ1) is 30.7. The van der Waals surface area contributed by atoms with Crippen molar-refractivity contribution >= 4 is 10.1 Å². The van der Waals surface area contributed by atoms with Crippen LogP contribution < -0.4 is 51.4 Å². The minimum Gasteiger partial charge on any atom is -0.748 e. The van der Waals surface area contributed by atoms with E-state index >= 15 is 0 Å². The quantitative estimate of drug-likeness (QED) is 0.183. The zero-order valence-corrected chi connectivity index (χ0v) is 22.0. The third-order valence-electron chi connectivity index (χ3n) is 5.07. The molecule has 1 N–H and O–H groups in total. The van der Waals surface area contributed by atoms with Crippen molar-refractivity contribution < 1.29 is 69.5 Å². The zero-order chi connectivity index (χ0) is 19.5. The molecule has 1 unspecified atom stereocenters. The monoisotopic (exact) mass is 430 g/mol. The molecule has 0 bridgehead atoms. The van der Waals surface area contributed by atoms with Crippen molar-refractivity contribution in [3.63, 3.8) is 0 Å². The summed E-state index contributed by atoms with van der Waals surface area (Å²) in [6.07, 6.45) is 20.4. The van der Waals surface area contributed by atoms with Crippen molar-refractivity contribution in [1.82, 2.24) is 0 Å². The molecule has 0 amide bonds. The number of hydrogen-bond donors (Lipinski definition) is 1. The van der Waals surface area contributed by atoms with Crippen molar-refractivity contribution in [3.8, 4) is 0 Å². The van der Waals surface area contributed by atoms with E-state index in [-0.39, 0.29) is 63.2 Å². The van der Waals surface area contributed by atoms with Gasteiger partial charge in [-0.15, -0.1) is 0 Å². The Bertz CT molecular complexity index is 388. The van der Waals surface area contributed by atoms with Crippen LogP contribution in [0.3, 0.4) is 0 Å². The summed E-state index contributed by atoms with van der Waals surface area (Å²) in [7, 11) is -4.04. The van der Waals surface area contributed by atoms with E-state index in [2.05, 4.69) is 6.92 Å². The second kappa shape index (κ2) is 22.2. The van der Waals surface area contributed by atoms with Gasteiger partial charge in [0.25, 0.3) is 0 Å². The molecular formula is C21H43KO4S. The van der Waals surface area contributed by atoms with E-state index in [4.69, 9.17) is 0 Å². The Morgan fingerprint density at radius 1 is 0.667 bits per heavy atom. The average molecular weight is 431 g/mol. The Morgan fingerprint density at radius 2 is 1.00 bits per heavy atom. The van der Waals surface area contributed by atoms with Crippen LogP contribution >= 0.6 is 0 Å². The van der Waals surface area contributed by atoms with Crippen molar-refractivity contribution in [2.75, 3.05) is 5.75 Å². The van der Waals surface area contributed by atoms with Gasteiger partial charge in [-0.05, 0) is 19.3 Å². The third kappa shape index (κ3) is 27.5. The van der Waals surface area contributed by atoms with Crippen LogP contribution in [0.4, 0.5) is 0 Å². The van der Waals surface area contributed by atoms with E-state index in [0.717, 1.165) is 51.4 Å². The molecule has 6 heteroatoms. The Balaban J connectivity index is 0. The molecular weight excluding hydrogens is 387 g/mol. The van der Waals surface area contributed by atoms with Crippen molar-refractivity contribution in [3.05, 3.63) is 0 Å². The van der Waals surface area contributed by atoms with Crippen LogP contribution in [-0.2, 0) is 10.1 Å². The molecule has 0 radical (unpaired) electrons. The maximum Gasteiger partial charge on any atom is 1.00 e. The predicted molar refractivity (Wildman–Crippen MR) is 109 cm³/mol. The fourth-order valence-electron chi connectivity index (χ4n) is 3.38. The first-order valence-corrected chi connectivity index (χ1v) is 12.6. The molecule has 0 aliphatic rings. The Kier molecular flexibility index (Phi) is 25.2. The van der Waals surface area contributed by atoms with Crippen molar-refractivity contribution in [2.45, 2.75) is 129 Å². The van der Waals surface area contributed by atoms with Crippen LogP contribution in [0.15, 0.2) is 0 Å². The van der Waals surface area contributed by atoms with Gasteiger partial charge in [-0.25, -0.2) is 8.42 Å². The van der Waals surface area contributed by atoms with Crippen LogP contribution in [-0.4, -0.2) is 29.9 Å². The normalized spacial score (nSPS) is 12.7. The van der Waals surface area contributed by atoms with Gasteiger partial charge in [0.05, 0.1) is 16.2 Å². The van der Waals surface area contributed by atoms with Gasteiger partial charge < -0.3 is 9.66 Å². The van der Waals surface area contributed by atoms with Gasteiger partial charge in [-0.3, -0.25) is 0 Å². The van der Waals surface area contributed by atoms with Crippen LogP contribution in [0, 0.1) is 0 Å². The minimum absolute atomic E-state index is 0. The summed E-state index contributed by atoms with van der Waals surface area (Å²) in [5.41, 5.74) is 0. The molecule has 0 saturated heterocycles. The number of rotatable bonds is 20. The molecule has 0 rings (SSSR count). The maximum atomic E-state index is 10.5. The molecule has 0 spiro atoms. The molecule has 0 aromatic carbocycles. The van der Waals surface area contributed by atoms with Gasteiger partial charge in [0, 0.05) is 5.75 Å². The summed E-state index contributed by atoms with van der Waals surface area (Å²) < 4.78 is 31.4. The van der Waals surface area contributed by atoms with Crippen LogP contribution in [0.5, 0.6) is 0 Å². The molecule has 0 saturated carbocycles. The topological polar surface area (TPSA) is 77.4 Å². The fourth-order valence-corrected chi connectivity index (χ4v) is 3.94. The number of aliphatic hydroxyl groups is 1. The smallest absolute Gasteiger partial charge is 0.748 e. The van der Waals surface area contributed by atoms with E-state index in [1.807, 2.05) is 0 Å². The molecule has 0 aromatic rings. The maximum absolute atomic E-state index is 10.5. The predicted octanol–water partition coefficient (Wildman–Crippen LogP) is 2.94. The SMILES string of the molecule is CCCCCCCCCCCCC(O)CCCCCCCCS(=O)(=O)[O-].[K+]. The standard InChI is InChI=1S/C21H44O4S.K/c1-2-3-4-5-6-7-8-9-12-15-18-21(22)19-16-13-10-11-14-17-20-26(23,24)25;/h21-22H,2-20H2,1H3,(H,23,24,25);/q;+1/p-1. The zero-order valence-electron chi connectivity index (χ0n) is 18.1. The van der Waals surface area contributed by atoms with Gasteiger partial charge in [0.1, 0.15) is 0 Å². The molecule has 0 aliphatic carbocycles. The molecule has 1 atom stereocenters. The Morgan fingerprint density at radius 3 is 1.37 bits per heavy atom. The number of hydrogen-bond acceptors (Lipinski definition) is 4. The second-order valence-corrected chi connectivity index (χ2v) is 9.32. The summed E-state index contributed by atoms with van der Waals surface area (Å²) in [5.74, 6) is -0.232. The number of aliphatic hydroxyl groups excluding tert-OH is 1. The van der Waals surface area contributed by atoms with Crippen molar-refractivity contribution in [2.24, 2.45) is 0 Å². The Labute approximate surface area is 211 Å². The molecule has 158 valence electrons. The summed E-state index contributed by atoms with van der Waals surface area (Å²) in [6, 6.07) is 0. The van der Waals surface area contributed by atoms with E-state index in [9.17, 15) is 18.1 Å². The molecule has 0 aromatic heterocycles. The largest absolute Gasteiger partial charge is 1.00 e. The molecule has 0 heterocycles. The van der Waals surface area contributed by atoms with Crippen LogP contribution in [0.1, 0.15) is 122 Å². The van der Waals surface area contributed by atoms with E-state index in [1.165, 1.54) is 57.8 Å². The van der Waals surface area contributed by atoms with Gasteiger partial charge in [-0.2, -0.15) is 0 Å². The third-order valence-corrected chi connectivity index (χ3v) is 5.86.